The van der Waals surface area contributed by atoms with Crippen LogP contribution >= 0.6 is 0 Å². The molecule has 4 N–H and O–H groups in total. The van der Waals surface area contributed by atoms with Crippen LogP contribution in [0.3, 0.4) is 0 Å². The number of sulfone groups is 1. The largest absolute Gasteiger partial charge is 0.454 e. The Balaban J connectivity index is 1.16. The van der Waals surface area contributed by atoms with Crippen LogP contribution in [0.25, 0.3) is 0 Å². The number of amides is 4. The molecule has 0 saturated carbocycles. The SMILES string of the molecule is C=C(C)C(=O)COC(=O)c1ccc(S(=O)(=O)c2ccc(C(=O)OCC(=O)C(=C)C)c(C(=O)Nc3ccc(C(=O)Nc4ccc(C(=O)c5ccc(NC(=O)c6ccc(C)cc6)cc5)cc4)cc3)c2)cc1C(=O)NC. The molecule has 6 aromatic rings. The fourth-order valence-electron chi connectivity index (χ4n) is 6.64. The number of Topliss-reactive ketones (excluding diaryl/α,β-unsaturated/α-hetero) is 2. The van der Waals surface area contributed by atoms with E-state index in [-0.39, 0.29) is 39.7 Å². The zero-order chi connectivity index (χ0) is 53.1. The van der Waals surface area contributed by atoms with Gasteiger partial charge in [0.1, 0.15) is 0 Å². The summed E-state index contributed by atoms with van der Waals surface area (Å²) in [7, 11) is -3.39. The summed E-state index contributed by atoms with van der Waals surface area (Å²) in [6.45, 7) is 10.3. The third-order valence-electron chi connectivity index (χ3n) is 10.9. The van der Waals surface area contributed by atoms with Crippen molar-refractivity contribution in [2.24, 2.45) is 0 Å². The Bertz CT molecular complexity index is 3360. The Morgan fingerprint density at radius 1 is 0.452 bits per heavy atom. The Morgan fingerprint density at radius 2 is 0.795 bits per heavy atom. The zero-order valence-corrected chi connectivity index (χ0v) is 40.6. The van der Waals surface area contributed by atoms with E-state index in [1.165, 1.54) is 45.2 Å². The van der Waals surface area contributed by atoms with Gasteiger partial charge in [0.2, 0.25) is 9.84 Å². The Morgan fingerprint density at radius 3 is 1.16 bits per heavy atom. The van der Waals surface area contributed by atoms with Gasteiger partial charge in [-0.05, 0) is 153 Å². The molecule has 0 fully saturated rings. The summed E-state index contributed by atoms with van der Waals surface area (Å²) in [4.78, 5) is 115. The molecule has 370 valence electrons. The van der Waals surface area contributed by atoms with Crippen molar-refractivity contribution in [3.05, 3.63) is 208 Å². The van der Waals surface area contributed by atoms with Gasteiger partial charge in [0.05, 0.1) is 32.0 Å². The molecule has 0 saturated heterocycles. The van der Waals surface area contributed by atoms with Crippen LogP contribution in [-0.4, -0.2) is 81.6 Å². The summed E-state index contributed by atoms with van der Waals surface area (Å²) in [5.41, 5.74) is 1.87. The summed E-state index contributed by atoms with van der Waals surface area (Å²) < 4.78 is 38.4. The van der Waals surface area contributed by atoms with Gasteiger partial charge < -0.3 is 30.7 Å². The molecule has 6 rings (SSSR count). The average Bonchev–Trinajstić information content (AvgIpc) is 3.39. The lowest BCUT2D eigenvalue weighted by atomic mass is 10.0. The van der Waals surface area contributed by atoms with E-state index in [2.05, 4.69) is 34.4 Å². The maximum Gasteiger partial charge on any atom is 0.339 e. The molecule has 0 unspecified atom stereocenters. The van der Waals surface area contributed by atoms with Crippen molar-refractivity contribution < 1.29 is 61.0 Å². The molecule has 0 aliphatic carbocycles. The standard InChI is InChI=1S/C55H46N4O13S/c1-31(2)47(60)29-71-54(67)43-25-23-41(27-45(43)52(65)56-6)73(69,70)42-24-26-44(55(68)72-30-48(61)32(3)4)46(28-42)53(66)59-40-21-15-37(16-22-40)51(64)58-39-19-13-35(14-20-39)49(62)34-11-17-38(18-12-34)57-50(63)36-9-7-33(5)8-10-36/h7-28H,1,3,29-30H2,2,4-6H3,(H,56,65)(H,57,63)(H,58,64)(H,59,66). The van der Waals surface area contributed by atoms with Gasteiger partial charge in [-0.15, -0.1) is 0 Å². The molecule has 6 aromatic carbocycles. The van der Waals surface area contributed by atoms with Gasteiger partial charge >= 0.3 is 11.9 Å². The highest BCUT2D eigenvalue weighted by Gasteiger charge is 2.28. The first kappa shape index (κ1) is 52.9. The maximum atomic E-state index is 14.1. The molecule has 0 heterocycles. The summed E-state index contributed by atoms with van der Waals surface area (Å²) in [6.07, 6.45) is 0. The molecule has 0 aliphatic rings. The Kier molecular flexibility index (Phi) is 16.7. The number of rotatable bonds is 19. The molecule has 0 atom stereocenters. The molecule has 0 aromatic heterocycles. The van der Waals surface area contributed by atoms with Gasteiger partial charge in [-0.25, -0.2) is 18.0 Å². The lowest BCUT2D eigenvalue weighted by Gasteiger charge is -2.14. The number of hydrogen-bond acceptors (Lipinski definition) is 13. The number of nitrogens with one attached hydrogen (secondary N) is 4. The molecule has 17 nitrogen and oxygen atoms in total. The quantitative estimate of drug-likeness (QED) is 0.0344. The second-order valence-electron chi connectivity index (χ2n) is 16.3. The highest BCUT2D eigenvalue weighted by molar-refractivity contribution is 7.91. The number of esters is 2. The van der Waals surface area contributed by atoms with Crippen molar-refractivity contribution in [3.8, 4) is 0 Å². The normalized spacial score (nSPS) is 10.7. The number of ketones is 3. The molecular formula is C55H46N4O13S. The predicted octanol–water partition coefficient (Wildman–Crippen LogP) is 7.78. The molecule has 0 spiro atoms. The summed E-state index contributed by atoms with van der Waals surface area (Å²) >= 11 is 0. The van der Waals surface area contributed by atoms with Gasteiger partial charge in [0.15, 0.2) is 30.6 Å². The van der Waals surface area contributed by atoms with Crippen LogP contribution in [0.5, 0.6) is 0 Å². The van der Waals surface area contributed by atoms with E-state index < -0.39 is 90.8 Å². The third-order valence-corrected chi connectivity index (χ3v) is 12.7. The van der Waals surface area contributed by atoms with Crippen LogP contribution in [-0.2, 0) is 28.9 Å². The fourth-order valence-corrected chi connectivity index (χ4v) is 7.95. The smallest absolute Gasteiger partial charge is 0.339 e. The topological polar surface area (TPSA) is 254 Å². The predicted molar refractivity (Wildman–Crippen MR) is 270 cm³/mol. The van der Waals surface area contributed by atoms with E-state index in [1.807, 2.05) is 19.1 Å². The average molecular weight is 1000 g/mol. The van der Waals surface area contributed by atoms with Crippen LogP contribution in [0.4, 0.5) is 17.1 Å². The maximum absolute atomic E-state index is 14.1. The number of hydrogen-bond donors (Lipinski definition) is 4. The van der Waals surface area contributed by atoms with Crippen molar-refractivity contribution in [3.63, 3.8) is 0 Å². The number of aryl methyl sites for hydroxylation is 1. The van der Waals surface area contributed by atoms with Crippen LogP contribution in [0.15, 0.2) is 168 Å². The second kappa shape index (κ2) is 23.0. The van der Waals surface area contributed by atoms with Gasteiger partial charge in [-0.3, -0.25) is 33.6 Å². The monoisotopic (exact) mass is 1000 g/mol. The van der Waals surface area contributed by atoms with Crippen molar-refractivity contribution in [2.75, 3.05) is 36.2 Å². The number of carbonyl (C=O) groups is 9. The lowest BCUT2D eigenvalue weighted by Crippen LogP contribution is -2.23. The van der Waals surface area contributed by atoms with Crippen LogP contribution in [0.2, 0.25) is 0 Å². The number of benzene rings is 6. The molecule has 0 radical (unpaired) electrons. The number of ether oxygens (including phenoxy) is 2. The summed E-state index contributed by atoms with van der Waals surface area (Å²) in [5.74, 6) is -6.44. The molecule has 0 bridgehead atoms. The second-order valence-corrected chi connectivity index (χ2v) is 18.3. The van der Waals surface area contributed by atoms with E-state index in [0.717, 1.165) is 42.0 Å². The van der Waals surface area contributed by atoms with Gasteiger partial charge in [-0.1, -0.05) is 30.9 Å². The highest BCUT2D eigenvalue weighted by Crippen LogP contribution is 2.28. The van der Waals surface area contributed by atoms with Crippen molar-refractivity contribution in [1.29, 1.82) is 0 Å². The van der Waals surface area contributed by atoms with Crippen molar-refractivity contribution >= 4 is 79.8 Å². The number of anilines is 3. The van der Waals surface area contributed by atoms with E-state index >= 15 is 0 Å². The van der Waals surface area contributed by atoms with Gasteiger partial charge in [-0.2, -0.15) is 0 Å². The van der Waals surface area contributed by atoms with Crippen LogP contribution in [0, 0.1) is 6.92 Å². The van der Waals surface area contributed by atoms with E-state index in [1.54, 1.807) is 60.7 Å². The minimum atomic E-state index is -4.63. The number of carbonyl (C=O) groups excluding carboxylic acids is 9. The van der Waals surface area contributed by atoms with Crippen molar-refractivity contribution in [1.82, 2.24) is 5.32 Å². The Hall–Kier alpha value is -9.42. The zero-order valence-electron chi connectivity index (χ0n) is 39.7. The van der Waals surface area contributed by atoms with E-state index in [4.69, 9.17) is 9.47 Å². The Labute approximate surface area is 419 Å². The van der Waals surface area contributed by atoms with E-state index in [9.17, 15) is 51.6 Å². The molecule has 4 amide bonds. The highest BCUT2D eigenvalue weighted by atomic mass is 32.2. The van der Waals surface area contributed by atoms with E-state index in [0.29, 0.717) is 28.1 Å². The van der Waals surface area contributed by atoms with Crippen molar-refractivity contribution in [2.45, 2.75) is 30.6 Å². The first-order valence-electron chi connectivity index (χ1n) is 22.0. The summed E-state index contributed by atoms with van der Waals surface area (Å²) in [5, 5.41) is 10.4. The minimum absolute atomic E-state index is 0.0902. The first-order valence-corrected chi connectivity index (χ1v) is 23.5. The lowest BCUT2D eigenvalue weighted by molar-refractivity contribution is -0.119. The molecule has 18 heteroatoms. The van der Waals surface area contributed by atoms with Crippen LogP contribution < -0.4 is 21.3 Å². The van der Waals surface area contributed by atoms with Gasteiger partial charge in [0.25, 0.3) is 23.6 Å². The molecular weight excluding hydrogens is 957 g/mol. The fraction of sp³-hybridized carbons (Fsp3) is 0.109. The van der Waals surface area contributed by atoms with Crippen LogP contribution in [0.1, 0.15) is 97.5 Å². The molecule has 73 heavy (non-hydrogen) atoms. The molecule has 0 aliphatic heterocycles. The third kappa shape index (κ3) is 13.1. The minimum Gasteiger partial charge on any atom is -0.454 e. The van der Waals surface area contributed by atoms with Gasteiger partial charge in [0, 0.05) is 46.4 Å². The first-order chi connectivity index (χ1) is 34.7. The summed E-state index contributed by atoms with van der Waals surface area (Å²) in [6, 6.07) is 31.1.